The van der Waals surface area contributed by atoms with Crippen molar-refractivity contribution in [2.45, 2.75) is 44.1 Å². The van der Waals surface area contributed by atoms with Crippen molar-refractivity contribution in [3.63, 3.8) is 0 Å². The van der Waals surface area contributed by atoms with Crippen LogP contribution in [0, 0.1) is 17.8 Å². The van der Waals surface area contributed by atoms with E-state index >= 15 is 0 Å². The smallest absolute Gasteiger partial charge is 0.407 e. The maximum absolute atomic E-state index is 13.1. The Morgan fingerprint density at radius 1 is 1.00 bits per heavy atom. The number of amides is 2. The zero-order valence-electron chi connectivity index (χ0n) is 20.0. The van der Waals surface area contributed by atoms with Crippen molar-refractivity contribution in [1.29, 1.82) is 0 Å². The Kier molecular flexibility index (Phi) is 6.50. The van der Waals surface area contributed by atoms with Gasteiger partial charge in [0, 0.05) is 19.5 Å². The Balaban J connectivity index is 1.20. The number of carbonyl (C=O) groups is 3. The van der Waals surface area contributed by atoms with Gasteiger partial charge in [0.15, 0.2) is 0 Å². The summed E-state index contributed by atoms with van der Waals surface area (Å²) in [4.78, 5) is 38.8. The number of ether oxygens (including phenoxy) is 1. The van der Waals surface area contributed by atoms with Gasteiger partial charge in [-0.05, 0) is 65.7 Å². The third-order valence-electron chi connectivity index (χ3n) is 7.87. The fourth-order valence-corrected chi connectivity index (χ4v) is 6.01. The summed E-state index contributed by atoms with van der Waals surface area (Å²) in [7, 11) is 1.69. The number of hydrogen-bond donors (Lipinski definition) is 2. The van der Waals surface area contributed by atoms with E-state index < -0.39 is 24.5 Å². The molecule has 2 amide bonds. The number of carboxylic acids is 1. The molecule has 2 aromatic carbocycles. The summed E-state index contributed by atoms with van der Waals surface area (Å²) >= 11 is 0. The molecule has 2 fully saturated rings. The lowest BCUT2D eigenvalue weighted by Crippen LogP contribution is -2.49. The first-order valence-corrected chi connectivity index (χ1v) is 12.5. The molecule has 2 N–H and O–H groups in total. The molecule has 0 aliphatic heterocycles. The van der Waals surface area contributed by atoms with Crippen molar-refractivity contribution >= 4 is 18.0 Å². The average Bonchev–Trinajstić information content (AvgIpc) is 3.55. The van der Waals surface area contributed by atoms with E-state index in [1.807, 2.05) is 36.4 Å². The number of nitrogens with zero attached hydrogens (tertiary/aromatic N) is 1. The van der Waals surface area contributed by atoms with E-state index in [9.17, 15) is 19.5 Å². The number of carboxylic acid groups (broad SMARTS) is 1. The zero-order valence-corrected chi connectivity index (χ0v) is 20.0. The molecule has 0 bridgehead atoms. The van der Waals surface area contributed by atoms with E-state index in [2.05, 4.69) is 17.4 Å². The van der Waals surface area contributed by atoms with Crippen LogP contribution in [0.4, 0.5) is 4.79 Å². The minimum absolute atomic E-state index is 0.105. The molecule has 184 valence electrons. The summed E-state index contributed by atoms with van der Waals surface area (Å²) < 4.78 is 5.54. The molecule has 0 aromatic heterocycles. The van der Waals surface area contributed by atoms with Crippen LogP contribution in [0.25, 0.3) is 11.1 Å². The van der Waals surface area contributed by atoms with Crippen molar-refractivity contribution < 1.29 is 24.2 Å². The Morgan fingerprint density at radius 3 is 2.29 bits per heavy atom. The highest BCUT2D eigenvalue weighted by molar-refractivity contribution is 5.89. The first kappa shape index (κ1) is 23.4. The fourth-order valence-electron chi connectivity index (χ4n) is 6.01. The van der Waals surface area contributed by atoms with Gasteiger partial charge in [0.05, 0.1) is 6.42 Å². The highest BCUT2D eigenvalue weighted by Gasteiger charge is 2.42. The van der Waals surface area contributed by atoms with E-state index in [4.69, 9.17) is 4.74 Å². The van der Waals surface area contributed by atoms with Gasteiger partial charge in [0.2, 0.25) is 5.91 Å². The van der Waals surface area contributed by atoms with E-state index in [1.54, 1.807) is 11.9 Å². The number of rotatable bonds is 8. The number of fused-ring (bicyclic) bond motifs is 4. The van der Waals surface area contributed by atoms with Gasteiger partial charge in [-0.3, -0.25) is 9.59 Å². The molecule has 0 spiro atoms. The number of alkyl carbamates (subject to hydrolysis) is 1. The van der Waals surface area contributed by atoms with Crippen LogP contribution in [-0.2, 0) is 14.3 Å². The predicted molar refractivity (Wildman–Crippen MR) is 131 cm³/mol. The maximum atomic E-state index is 13.1. The molecule has 0 radical (unpaired) electrons. The van der Waals surface area contributed by atoms with Crippen molar-refractivity contribution in [3.8, 4) is 11.1 Å². The number of hydrogen-bond acceptors (Lipinski definition) is 4. The van der Waals surface area contributed by atoms with Gasteiger partial charge in [-0.2, -0.15) is 0 Å². The molecular weight excluding hydrogens is 444 g/mol. The largest absolute Gasteiger partial charge is 0.481 e. The number of likely N-dealkylation sites (N-methyl/N-ethyl adjacent to an activating group) is 1. The minimum atomic E-state index is -1.16. The van der Waals surface area contributed by atoms with Crippen LogP contribution in [0.5, 0.6) is 0 Å². The molecule has 2 saturated carbocycles. The molecule has 2 aromatic rings. The third kappa shape index (κ3) is 5.04. The Morgan fingerprint density at radius 2 is 1.66 bits per heavy atom. The number of benzene rings is 2. The van der Waals surface area contributed by atoms with Crippen molar-refractivity contribution in [3.05, 3.63) is 59.7 Å². The molecule has 35 heavy (non-hydrogen) atoms. The SMILES string of the molecule is CN(CC1CCC2CC2C1)C(=O)C(CC(=O)O)NC(=O)OCC1c2ccccc2-c2ccccc21. The second-order valence-corrected chi connectivity index (χ2v) is 10.3. The molecule has 7 heteroatoms. The van der Waals surface area contributed by atoms with Crippen LogP contribution in [-0.4, -0.2) is 54.2 Å². The molecule has 3 aliphatic carbocycles. The van der Waals surface area contributed by atoms with E-state index in [0.717, 1.165) is 46.9 Å². The van der Waals surface area contributed by atoms with Crippen molar-refractivity contribution in [2.75, 3.05) is 20.2 Å². The first-order chi connectivity index (χ1) is 16.9. The van der Waals surface area contributed by atoms with E-state index in [0.29, 0.717) is 12.5 Å². The Hall–Kier alpha value is -3.35. The normalized spacial score (nSPS) is 22.8. The zero-order chi connectivity index (χ0) is 24.5. The summed E-state index contributed by atoms with van der Waals surface area (Å²) in [6, 6.07) is 14.9. The molecule has 0 heterocycles. The Labute approximate surface area is 205 Å². The van der Waals surface area contributed by atoms with Gasteiger partial charge in [0.25, 0.3) is 0 Å². The number of nitrogens with one attached hydrogen (secondary N) is 1. The van der Waals surface area contributed by atoms with E-state index in [-0.39, 0.29) is 18.4 Å². The highest BCUT2D eigenvalue weighted by atomic mass is 16.5. The van der Waals surface area contributed by atoms with Crippen molar-refractivity contribution in [2.24, 2.45) is 17.8 Å². The molecule has 7 nitrogen and oxygen atoms in total. The van der Waals surface area contributed by atoms with Crippen molar-refractivity contribution in [1.82, 2.24) is 10.2 Å². The molecule has 0 saturated heterocycles. The molecule has 4 unspecified atom stereocenters. The van der Waals surface area contributed by atoms with Gasteiger partial charge in [0.1, 0.15) is 12.6 Å². The van der Waals surface area contributed by atoms with Gasteiger partial charge in [-0.15, -0.1) is 0 Å². The molecule has 4 atom stereocenters. The lowest BCUT2D eigenvalue weighted by molar-refractivity contribution is -0.142. The van der Waals surface area contributed by atoms with Gasteiger partial charge < -0.3 is 20.1 Å². The fraction of sp³-hybridized carbons (Fsp3) is 0.464. The van der Waals surface area contributed by atoms with Crippen LogP contribution in [0.15, 0.2) is 48.5 Å². The van der Waals surface area contributed by atoms with Crippen LogP contribution in [0.1, 0.15) is 49.1 Å². The molecule has 3 aliphatic rings. The summed E-state index contributed by atoms with van der Waals surface area (Å²) in [5.74, 6) is 0.468. The van der Waals surface area contributed by atoms with Gasteiger partial charge in [-0.25, -0.2) is 4.79 Å². The monoisotopic (exact) mass is 476 g/mol. The summed E-state index contributed by atoms with van der Waals surface area (Å²) in [6.45, 7) is 0.693. The second-order valence-electron chi connectivity index (χ2n) is 10.3. The van der Waals surface area contributed by atoms with Crippen LogP contribution in [0.2, 0.25) is 0 Å². The van der Waals surface area contributed by atoms with Crippen LogP contribution < -0.4 is 5.32 Å². The maximum Gasteiger partial charge on any atom is 0.407 e. The van der Waals surface area contributed by atoms with Gasteiger partial charge in [-0.1, -0.05) is 48.5 Å². The lowest BCUT2D eigenvalue weighted by atomic mass is 9.89. The highest BCUT2D eigenvalue weighted by Crippen LogP contribution is 2.51. The quantitative estimate of drug-likeness (QED) is 0.593. The first-order valence-electron chi connectivity index (χ1n) is 12.5. The average molecular weight is 477 g/mol. The molecule has 5 rings (SSSR count). The summed E-state index contributed by atoms with van der Waals surface area (Å²) in [5.41, 5.74) is 4.42. The topological polar surface area (TPSA) is 95.9 Å². The minimum Gasteiger partial charge on any atom is -0.481 e. The molecular formula is C28H32N2O5. The second kappa shape index (κ2) is 9.72. The third-order valence-corrected chi connectivity index (χ3v) is 7.87. The number of carbonyl (C=O) groups excluding carboxylic acids is 2. The van der Waals surface area contributed by atoms with Crippen LogP contribution in [0.3, 0.4) is 0 Å². The summed E-state index contributed by atoms with van der Waals surface area (Å²) in [5, 5.41) is 11.9. The van der Waals surface area contributed by atoms with E-state index in [1.165, 1.54) is 12.8 Å². The predicted octanol–water partition coefficient (Wildman–Crippen LogP) is 4.26. The van der Waals surface area contributed by atoms with Gasteiger partial charge >= 0.3 is 12.1 Å². The Bertz CT molecular complexity index is 1090. The number of aliphatic carboxylic acids is 1. The van der Waals surface area contributed by atoms with Crippen LogP contribution >= 0.6 is 0 Å². The lowest BCUT2D eigenvalue weighted by Gasteiger charge is -2.29. The summed E-state index contributed by atoms with van der Waals surface area (Å²) in [6.07, 6.45) is 3.49. The standard InChI is InChI=1S/C28H32N2O5/c1-30(15-17-10-11-18-13-19(18)12-17)27(33)25(14-26(31)32)29-28(34)35-16-24-22-8-4-2-6-20(22)21-7-3-5-9-23(21)24/h2-9,17-19,24-25H,10-16H2,1H3,(H,29,34)(H,31,32).